The third-order valence-corrected chi connectivity index (χ3v) is 4.70. The van der Waals surface area contributed by atoms with Gasteiger partial charge in [-0.25, -0.2) is 0 Å². The number of hydrogen-bond acceptors (Lipinski definition) is 3. The molecule has 0 aliphatic rings. The summed E-state index contributed by atoms with van der Waals surface area (Å²) < 4.78 is 0. The van der Waals surface area contributed by atoms with Crippen molar-refractivity contribution in [1.29, 1.82) is 0 Å². The van der Waals surface area contributed by atoms with Crippen LogP contribution < -0.4 is 0 Å². The molecule has 0 aromatic carbocycles. The van der Waals surface area contributed by atoms with Crippen molar-refractivity contribution in [3.8, 4) is 0 Å². The van der Waals surface area contributed by atoms with Gasteiger partial charge in [-0.3, -0.25) is 14.5 Å². The molecule has 0 spiro atoms. The van der Waals surface area contributed by atoms with Crippen LogP contribution in [0.25, 0.3) is 0 Å². The summed E-state index contributed by atoms with van der Waals surface area (Å²) in [6.07, 6.45) is 5.58. The first kappa shape index (κ1) is 22.4. The highest BCUT2D eigenvalue weighted by Crippen LogP contribution is 2.33. The summed E-state index contributed by atoms with van der Waals surface area (Å²) in [7, 11) is 0. The maximum Gasteiger partial charge on any atom is 0.323 e. The Morgan fingerprint density at radius 1 is 1.04 bits per heavy atom. The van der Waals surface area contributed by atoms with Crippen molar-refractivity contribution in [3.63, 3.8) is 0 Å². The highest BCUT2D eigenvalue weighted by molar-refractivity contribution is 5.99. The topological polar surface area (TPSA) is 77.8 Å². The molecule has 1 atom stereocenters. The van der Waals surface area contributed by atoms with Crippen LogP contribution in [0.1, 0.15) is 60.8 Å². The molecule has 0 fully saturated rings. The summed E-state index contributed by atoms with van der Waals surface area (Å²) in [5, 5.41) is 19.4. The molecule has 0 rings (SSSR count). The van der Waals surface area contributed by atoms with E-state index >= 15 is 0 Å². The predicted octanol–water partition coefficient (Wildman–Crippen LogP) is 3.96. The molecule has 0 bridgehead atoms. The molecule has 1 unspecified atom stereocenters. The SMILES string of the molecule is CCN(CC)C(C)C(C/C=C(\C)CCC=C(C)C)(C(=O)O)C(=O)O. The zero-order chi connectivity index (χ0) is 18.9. The quantitative estimate of drug-likeness (QED) is 0.440. The standard InChI is InChI=1S/C19H33NO4/c1-7-20(8-2)16(6)19(17(21)22,18(23)24)13-12-15(5)11-9-10-14(3)4/h10,12,16H,7-9,11,13H2,1-6H3,(H,21,22)(H,23,24)/b15-12+. The number of nitrogens with zero attached hydrogens (tertiary/aromatic N) is 1. The number of hydrogen-bond donors (Lipinski definition) is 2. The molecule has 0 aliphatic carbocycles. The molecule has 138 valence electrons. The van der Waals surface area contributed by atoms with E-state index in [9.17, 15) is 19.8 Å². The predicted molar refractivity (Wildman–Crippen MR) is 97.1 cm³/mol. The molecule has 0 saturated heterocycles. The number of carbonyl (C=O) groups is 2. The number of rotatable bonds is 11. The summed E-state index contributed by atoms with van der Waals surface area (Å²) in [4.78, 5) is 25.7. The number of aliphatic carboxylic acids is 2. The van der Waals surface area contributed by atoms with E-state index < -0.39 is 23.4 Å². The first-order valence-electron chi connectivity index (χ1n) is 8.63. The van der Waals surface area contributed by atoms with E-state index in [1.54, 1.807) is 13.0 Å². The van der Waals surface area contributed by atoms with Crippen LogP contribution in [0.3, 0.4) is 0 Å². The molecule has 0 amide bonds. The minimum absolute atomic E-state index is 0.00398. The fourth-order valence-electron chi connectivity index (χ4n) is 2.90. The number of allylic oxidation sites excluding steroid dienone is 4. The van der Waals surface area contributed by atoms with Crippen molar-refractivity contribution < 1.29 is 19.8 Å². The van der Waals surface area contributed by atoms with Gasteiger partial charge < -0.3 is 10.2 Å². The van der Waals surface area contributed by atoms with Crippen molar-refractivity contribution >= 4 is 11.9 Å². The second-order valence-corrected chi connectivity index (χ2v) is 6.55. The van der Waals surface area contributed by atoms with Crippen LogP contribution >= 0.6 is 0 Å². The van der Waals surface area contributed by atoms with Gasteiger partial charge in [0.15, 0.2) is 5.41 Å². The molecular weight excluding hydrogens is 306 g/mol. The lowest BCUT2D eigenvalue weighted by atomic mass is 9.76. The van der Waals surface area contributed by atoms with E-state index in [1.165, 1.54) is 5.57 Å². The molecule has 0 aliphatic heterocycles. The Labute approximate surface area is 146 Å². The van der Waals surface area contributed by atoms with Gasteiger partial charge in [0, 0.05) is 6.04 Å². The molecular formula is C19H33NO4. The van der Waals surface area contributed by atoms with E-state index in [0.29, 0.717) is 13.1 Å². The van der Waals surface area contributed by atoms with E-state index in [4.69, 9.17) is 0 Å². The molecule has 2 N–H and O–H groups in total. The van der Waals surface area contributed by atoms with E-state index in [-0.39, 0.29) is 6.42 Å². The van der Waals surface area contributed by atoms with Crippen LogP contribution in [-0.4, -0.2) is 46.2 Å². The van der Waals surface area contributed by atoms with Crippen molar-refractivity contribution in [2.45, 2.75) is 66.8 Å². The van der Waals surface area contributed by atoms with Gasteiger partial charge in [-0.2, -0.15) is 0 Å². The second-order valence-electron chi connectivity index (χ2n) is 6.55. The molecule has 24 heavy (non-hydrogen) atoms. The summed E-state index contributed by atoms with van der Waals surface area (Å²) >= 11 is 0. The summed E-state index contributed by atoms with van der Waals surface area (Å²) in [6, 6.07) is -0.593. The maximum absolute atomic E-state index is 11.9. The highest BCUT2D eigenvalue weighted by Gasteiger charge is 2.52. The lowest BCUT2D eigenvalue weighted by Gasteiger charge is -2.37. The highest BCUT2D eigenvalue weighted by atomic mass is 16.4. The first-order valence-corrected chi connectivity index (χ1v) is 8.63. The van der Waals surface area contributed by atoms with Crippen LogP contribution in [0, 0.1) is 5.41 Å². The van der Waals surface area contributed by atoms with E-state index in [2.05, 4.69) is 6.08 Å². The maximum atomic E-state index is 11.9. The second kappa shape index (κ2) is 10.3. The average molecular weight is 339 g/mol. The third kappa shape index (κ3) is 5.78. The van der Waals surface area contributed by atoms with Crippen LogP contribution in [0.5, 0.6) is 0 Å². The third-order valence-electron chi connectivity index (χ3n) is 4.70. The molecule has 0 heterocycles. The Kier molecular flexibility index (Phi) is 9.59. The smallest absolute Gasteiger partial charge is 0.323 e. The monoisotopic (exact) mass is 339 g/mol. The van der Waals surface area contributed by atoms with E-state index in [1.807, 2.05) is 39.5 Å². The molecule has 0 aromatic rings. The minimum Gasteiger partial charge on any atom is -0.480 e. The Hall–Kier alpha value is -1.62. The van der Waals surface area contributed by atoms with Gasteiger partial charge in [0.25, 0.3) is 0 Å². The Balaban J connectivity index is 5.47. The van der Waals surface area contributed by atoms with Crippen molar-refractivity contribution in [3.05, 3.63) is 23.3 Å². The zero-order valence-electron chi connectivity index (χ0n) is 15.9. The van der Waals surface area contributed by atoms with Gasteiger partial charge >= 0.3 is 11.9 Å². The summed E-state index contributed by atoms with van der Waals surface area (Å²) in [6.45, 7) is 12.7. The van der Waals surface area contributed by atoms with Gasteiger partial charge in [-0.15, -0.1) is 0 Å². The van der Waals surface area contributed by atoms with Crippen LogP contribution in [0.2, 0.25) is 0 Å². The normalized spacial score (nSPS) is 13.7. The van der Waals surface area contributed by atoms with Gasteiger partial charge in [0.05, 0.1) is 0 Å². The van der Waals surface area contributed by atoms with Gasteiger partial charge in [-0.1, -0.05) is 37.1 Å². The lowest BCUT2D eigenvalue weighted by molar-refractivity contribution is -0.169. The van der Waals surface area contributed by atoms with E-state index in [0.717, 1.165) is 18.4 Å². The van der Waals surface area contributed by atoms with Crippen molar-refractivity contribution in [1.82, 2.24) is 4.90 Å². The molecule has 5 heteroatoms. The Morgan fingerprint density at radius 2 is 1.54 bits per heavy atom. The van der Waals surface area contributed by atoms with Crippen LogP contribution in [0.15, 0.2) is 23.3 Å². The van der Waals surface area contributed by atoms with Gasteiger partial charge in [0.1, 0.15) is 0 Å². The molecule has 0 saturated carbocycles. The minimum atomic E-state index is -1.83. The number of carboxylic acid groups (broad SMARTS) is 2. The van der Waals surface area contributed by atoms with Gasteiger partial charge in [-0.05, 0) is 60.0 Å². The largest absolute Gasteiger partial charge is 0.480 e. The number of carboxylic acids is 2. The Bertz CT molecular complexity index is 472. The summed E-state index contributed by atoms with van der Waals surface area (Å²) in [5.41, 5.74) is 0.429. The van der Waals surface area contributed by atoms with Crippen molar-refractivity contribution in [2.24, 2.45) is 5.41 Å². The average Bonchev–Trinajstić information content (AvgIpc) is 2.48. The lowest BCUT2D eigenvalue weighted by Crippen LogP contribution is -2.55. The van der Waals surface area contributed by atoms with Crippen molar-refractivity contribution in [2.75, 3.05) is 13.1 Å². The summed E-state index contributed by atoms with van der Waals surface area (Å²) in [5.74, 6) is -2.55. The fraction of sp³-hybridized carbons (Fsp3) is 0.684. The zero-order valence-corrected chi connectivity index (χ0v) is 15.9. The molecule has 0 aromatic heterocycles. The molecule has 0 radical (unpaired) electrons. The van der Waals surface area contributed by atoms with Crippen LogP contribution in [0.4, 0.5) is 0 Å². The first-order chi connectivity index (χ1) is 11.1. The Morgan fingerprint density at radius 3 is 1.92 bits per heavy atom. The molecule has 5 nitrogen and oxygen atoms in total. The fourth-order valence-corrected chi connectivity index (χ4v) is 2.90. The van der Waals surface area contributed by atoms with Gasteiger partial charge in [0.2, 0.25) is 0 Å². The van der Waals surface area contributed by atoms with Crippen LogP contribution in [-0.2, 0) is 9.59 Å².